The summed E-state index contributed by atoms with van der Waals surface area (Å²) in [4.78, 5) is 5.09. The van der Waals surface area contributed by atoms with Gasteiger partial charge in [0.1, 0.15) is 0 Å². The van der Waals surface area contributed by atoms with E-state index in [0.29, 0.717) is 0 Å². The minimum Gasteiger partial charge on any atom is -0.306 e. The van der Waals surface area contributed by atoms with Gasteiger partial charge in [-0.25, -0.2) is 0 Å². The number of likely N-dealkylation sites (tertiary alicyclic amines) is 2. The molecular formula is C11H21ClN2. The van der Waals surface area contributed by atoms with Crippen LogP contribution in [0, 0.1) is 11.8 Å². The van der Waals surface area contributed by atoms with E-state index in [2.05, 4.69) is 16.8 Å². The van der Waals surface area contributed by atoms with Gasteiger partial charge < -0.3 is 9.80 Å². The van der Waals surface area contributed by atoms with E-state index in [1.54, 1.807) is 0 Å². The quantitative estimate of drug-likeness (QED) is 0.660. The first-order valence-corrected chi connectivity index (χ1v) is 6.30. The summed E-state index contributed by atoms with van der Waals surface area (Å²) in [5, 5.41) is 0. The number of piperidine rings is 1. The molecule has 0 radical (unpaired) electrons. The third-order valence-corrected chi connectivity index (χ3v) is 3.96. The van der Waals surface area contributed by atoms with Crippen molar-refractivity contribution in [3.05, 3.63) is 0 Å². The molecule has 2 unspecified atom stereocenters. The van der Waals surface area contributed by atoms with Crippen molar-refractivity contribution < 1.29 is 0 Å². The third kappa shape index (κ3) is 2.41. The third-order valence-electron chi connectivity index (χ3n) is 3.69. The second-order valence-corrected chi connectivity index (χ2v) is 5.25. The summed E-state index contributed by atoms with van der Waals surface area (Å²) in [7, 11) is 2.25. The highest BCUT2D eigenvalue weighted by molar-refractivity contribution is 6.17. The Bertz CT molecular complexity index is 186. The number of hydrogen-bond donors (Lipinski definition) is 0. The van der Waals surface area contributed by atoms with Crippen molar-refractivity contribution in [2.45, 2.75) is 12.8 Å². The van der Waals surface area contributed by atoms with Crippen molar-refractivity contribution >= 4 is 11.6 Å². The Morgan fingerprint density at radius 2 is 2.00 bits per heavy atom. The van der Waals surface area contributed by atoms with Crippen LogP contribution in [0.3, 0.4) is 0 Å². The van der Waals surface area contributed by atoms with Crippen molar-refractivity contribution in [2.75, 3.05) is 45.7 Å². The van der Waals surface area contributed by atoms with Crippen molar-refractivity contribution in [3.63, 3.8) is 0 Å². The zero-order chi connectivity index (χ0) is 9.97. The number of alkyl halides is 1. The van der Waals surface area contributed by atoms with Gasteiger partial charge in [-0.15, -0.1) is 11.6 Å². The number of fused-ring (bicyclic) bond motifs is 1. The Balaban J connectivity index is 1.80. The Kier molecular flexibility index (Phi) is 3.69. The molecule has 3 heteroatoms. The van der Waals surface area contributed by atoms with Crippen LogP contribution in [-0.2, 0) is 0 Å². The number of halogens is 1. The lowest BCUT2D eigenvalue weighted by Gasteiger charge is -2.31. The minimum atomic E-state index is 0.811. The van der Waals surface area contributed by atoms with Crippen LogP contribution in [-0.4, -0.2) is 55.5 Å². The van der Waals surface area contributed by atoms with Crippen molar-refractivity contribution in [1.29, 1.82) is 0 Å². The largest absolute Gasteiger partial charge is 0.306 e. The van der Waals surface area contributed by atoms with E-state index in [4.69, 9.17) is 11.6 Å². The second kappa shape index (κ2) is 4.82. The Morgan fingerprint density at radius 1 is 1.21 bits per heavy atom. The molecule has 0 aromatic heterocycles. The molecule has 0 amide bonds. The highest BCUT2D eigenvalue weighted by Crippen LogP contribution is 2.30. The average Bonchev–Trinajstić information content (AvgIpc) is 2.56. The smallest absolute Gasteiger partial charge is 0.0235 e. The van der Waals surface area contributed by atoms with Gasteiger partial charge in [-0.3, -0.25) is 0 Å². The Hall–Kier alpha value is 0.210. The first-order valence-electron chi connectivity index (χ1n) is 5.76. The SMILES string of the molecule is CN1CCC2CN(CCCCl)CC2C1. The zero-order valence-electron chi connectivity index (χ0n) is 9.08. The first kappa shape index (κ1) is 10.7. The van der Waals surface area contributed by atoms with Gasteiger partial charge in [0, 0.05) is 25.5 Å². The monoisotopic (exact) mass is 216 g/mol. The molecule has 0 aromatic rings. The Labute approximate surface area is 92.2 Å². The lowest BCUT2D eigenvalue weighted by Crippen LogP contribution is -2.37. The number of rotatable bonds is 3. The molecule has 0 aliphatic carbocycles. The molecule has 0 N–H and O–H groups in total. The summed E-state index contributed by atoms with van der Waals surface area (Å²) in [6.07, 6.45) is 2.55. The lowest BCUT2D eigenvalue weighted by molar-refractivity contribution is 0.178. The molecule has 2 nitrogen and oxygen atoms in total. The molecule has 0 saturated carbocycles. The van der Waals surface area contributed by atoms with Gasteiger partial charge in [-0.05, 0) is 44.8 Å². The number of hydrogen-bond acceptors (Lipinski definition) is 2. The zero-order valence-corrected chi connectivity index (χ0v) is 9.84. The van der Waals surface area contributed by atoms with Crippen LogP contribution in [0.25, 0.3) is 0 Å². The van der Waals surface area contributed by atoms with E-state index in [1.807, 2.05) is 0 Å². The molecule has 2 rings (SSSR count). The molecule has 2 fully saturated rings. The van der Waals surface area contributed by atoms with Gasteiger partial charge in [-0.2, -0.15) is 0 Å². The minimum absolute atomic E-state index is 0.811. The molecule has 14 heavy (non-hydrogen) atoms. The fourth-order valence-electron chi connectivity index (χ4n) is 2.91. The topological polar surface area (TPSA) is 6.48 Å². The van der Waals surface area contributed by atoms with Crippen LogP contribution in [0.4, 0.5) is 0 Å². The highest BCUT2D eigenvalue weighted by Gasteiger charge is 2.35. The molecule has 2 saturated heterocycles. The average molecular weight is 217 g/mol. The molecule has 0 bridgehead atoms. The Morgan fingerprint density at radius 3 is 2.79 bits per heavy atom. The second-order valence-electron chi connectivity index (χ2n) is 4.87. The molecule has 2 heterocycles. The summed E-state index contributed by atoms with van der Waals surface area (Å²) in [5.41, 5.74) is 0. The van der Waals surface area contributed by atoms with E-state index in [-0.39, 0.29) is 0 Å². The van der Waals surface area contributed by atoms with Crippen LogP contribution in [0.2, 0.25) is 0 Å². The van der Waals surface area contributed by atoms with Crippen molar-refractivity contribution in [1.82, 2.24) is 9.80 Å². The maximum Gasteiger partial charge on any atom is 0.0235 e. The van der Waals surface area contributed by atoms with Crippen LogP contribution >= 0.6 is 11.6 Å². The number of nitrogens with zero attached hydrogens (tertiary/aromatic N) is 2. The predicted molar refractivity (Wildman–Crippen MR) is 60.9 cm³/mol. The fraction of sp³-hybridized carbons (Fsp3) is 1.00. The van der Waals surface area contributed by atoms with Gasteiger partial charge >= 0.3 is 0 Å². The first-order chi connectivity index (χ1) is 6.79. The van der Waals surface area contributed by atoms with Gasteiger partial charge in [0.2, 0.25) is 0 Å². The molecule has 82 valence electrons. The molecular weight excluding hydrogens is 196 g/mol. The van der Waals surface area contributed by atoms with E-state index in [9.17, 15) is 0 Å². The van der Waals surface area contributed by atoms with Gasteiger partial charge in [0.05, 0.1) is 0 Å². The van der Waals surface area contributed by atoms with Crippen LogP contribution in [0.5, 0.6) is 0 Å². The van der Waals surface area contributed by atoms with E-state index in [1.165, 1.54) is 39.1 Å². The van der Waals surface area contributed by atoms with E-state index >= 15 is 0 Å². The van der Waals surface area contributed by atoms with E-state index in [0.717, 1.165) is 24.1 Å². The summed E-state index contributed by atoms with van der Waals surface area (Å²) < 4.78 is 0. The van der Waals surface area contributed by atoms with Gasteiger partial charge in [-0.1, -0.05) is 0 Å². The standard InChI is InChI=1S/C11H21ClN2/c1-13-6-3-10-8-14(5-2-4-12)9-11(10)7-13/h10-11H,2-9H2,1H3. The summed E-state index contributed by atoms with van der Waals surface area (Å²) in [6.45, 7) is 6.45. The van der Waals surface area contributed by atoms with Gasteiger partial charge in [0.25, 0.3) is 0 Å². The van der Waals surface area contributed by atoms with Crippen LogP contribution in [0.15, 0.2) is 0 Å². The summed E-state index contributed by atoms with van der Waals surface area (Å²) in [6, 6.07) is 0. The molecule has 2 aliphatic rings. The van der Waals surface area contributed by atoms with Crippen LogP contribution in [0.1, 0.15) is 12.8 Å². The highest BCUT2D eigenvalue weighted by atomic mass is 35.5. The van der Waals surface area contributed by atoms with Crippen molar-refractivity contribution in [2.24, 2.45) is 11.8 Å². The van der Waals surface area contributed by atoms with Crippen LogP contribution < -0.4 is 0 Å². The maximum atomic E-state index is 5.72. The summed E-state index contributed by atoms with van der Waals surface area (Å²) >= 11 is 5.72. The normalized spacial score (nSPS) is 34.7. The maximum absolute atomic E-state index is 5.72. The lowest BCUT2D eigenvalue weighted by atomic mass is 9.89. The molecule has 2 atom stereocenters. The molecule has 0 spiro atoms. The molecule has 2 aliphatic heterocycles. The van der Waals surface area contributed by atoms with Crippen molar-refractivity contribution in [3.8, 4) is 0 Å². The van der Waals surface area contributed by atoms with Gasteiger partial charge in [0.15, 0.2) is 0 Å². The fourth-order valence-corrected chi connectivity index (χ4v) is 3.03. The predicted octanol–water partition coefficient (Wildman–Crippen LogP) is 1.50. The van der Waals surface area contributed by atoms with E-state index < -0.39 is 0 Å². The summed E-state index contributed by atoms with van der Waals surface area (Å²) in [5.74, 6) is 2.72. The molecule has 0 aromatic carbocycles.